The van der Waals surface area contributed by atoms with E-state index in [1.165, 1.54) is 11.3 Å². The zero-order chi connectivity index (χ0) is 14.4. The fourth-order valence-electron chi connectivity index (χ4n) is 1.39. The van der Waals surface area contributed by atoms with E-state index in [4.69, 9.17) is 10.5 Å². The minimum absolute atomic E-state index is 0.443. The van der Waals surface area contributed by atoms with Crippen LogP contribution >= 0.6 is 27.3 Å². The first-order chi connectivity index (χ1) is 9.69. The summed E-state index contributed by atoms with van der Waals surface area (Å²) in [5, 5.41) is 6.51. The van der Waals surface area contributed by atoms with Gasteiger partial charge >= 0.3 is 0 Å². The standard InChI is InChI=1S/C13H13BrN4OS/c1-2-5-19-11-4-3-10(14)6-9(11)7-16-18-13-17-12(15)8-20-13/h2-4,6-8H,1,5,15H2,(H,17,18). The number of nitrogens with two attached hydrogens (primary N) is 1. The monoisotopic (exact) mass is 352 g/mol. The number of nitrogen functional groups attached to an aromatic ring is 1. The molecule has 0 spiro atoms. The molecule has 0 saturated heterocycles. The van der Waals surface area contributed by atoms with Crippen molar-refractivity contribution in [2.75, 3.05) is 17.8 Å². The molecular formula is C13H13BrN4OS. The summed E-state index contributed by atoms with van der Waals surface area (Å²) < 4.78 is 6.50. The Morgan fingerprint density at radius 3 is 3.10 bits per heavy atom. The van der Waals surface area contributed by atoms with Crippen LogP contribution in [0.15, 0.2) is 45.8 Å². The van der Waals surface area contributed by atoms with E-state index in [0.717, 1.165) is 15.8 Å². The minimum atomic E-state index is 0.443. The topological polar surface area (TPSA) is 72.5 Å². The third-order valence-corrected chi connectivity index (χ3v) is 3.47. The van der Waals surface area contributed by atoms with E-state index in [-0.39, 0.29) is 0 Å². The largest absolute Gasteiger partial charge is 0.489 e. The predicted octanol–water partition coefficient (Wildman–Crippen LogP) is 3.50. The number of anilines is 2. The molecule has 0 fully saturated rings. The second-order valence-electron chi connectivity index (χ2n) is 3.73. The van der Waals surface area contributed by atoms with Crippen molar-refractivity contribution < 1.29 is 4.74 Å². The van der Waals surface area contributed by atoms with Crippen molar-refractivity contribution in [3.63, 3.8) is 0 Å². The fourth-order valence-corrected chi connectivity index (χ4v) is 2.32. The van der Waals surface area contributed by atoms with Crippen LogP contribution in [-0.2, 0) is 0 Å². The molecule has 1 heterocycles. The van der Waals surface area contributed by atoms with Gasteiger partial charge in [0.25, 0.3) is 0 Å². The van der Waals surface area contributed by atoms with E-state index in [1.54, 1.807) is 17.7 Å². The summed E-state index contributed by atoms with van der Waals surface area (Å²) in [7, 11) is 0. The van der Waals surface area contributed by atoms with Gasteiger partial charge in [0.2, 0.25) is 5.13 Å². The Bertz CT molecular complexity index is 627. The molecule has 3 N–H and O–H groups in total. The highest BCUT2D eigenvalue weighted by atomic mass is 79.9. The van der Waals surface area contributed by atoms with Gasteiger partial charge in [-0.2, -0.15) is 5.10 Å². The molecule has 0 atom stereocenters. The van der Waals surface area contributed by atoms with Gasteiger partial charge in [0.1, 0.15) is 18.2 Å². The summed E-state index contributed by atoms with van der Waals surface area (Å²) >= 11 is 4.81. The molecule has 2 aromatic rings. The Labute approximate surface area is 129 Å². The second kappa shape index (κ2) is 7.06. The molecule has 0 bridgehead atoms. The van der Waals surface area contributed by atoms with Gasteiger partial charge in [0, 0.05) is 15.4 Å². The molecule has 20 heavy (non-hydrogen) atoms. The number of hydrogen-bond donors (Lipinski definition) is 2. The van der Waals surface area contributed by atoms with Gasteiger partial charge in [-0.05, 0) is 18.2 Å². The normalized spacial score (nSPS) is 10.7. The van der Waals surface area contributed by atoms with E-state index >= 15 is 0 Å². The number of nitrogens with zero attached hydrogens (tertiary/aromatic N) is 2. The van der Waals surface area contributed by atoms with Gasteiger partial charge in [-0.25, -0.2) is 4.98 Å². The summed E-state index contributed by atoms with van der Waals surface area (Å²) in [4.78, 5) is 4.05. The van der Waals surface area contributed by atoms with Gasteiger partial charge in [-0.3, -0.25) is 5.43 Å². The van der Waals surface area contributed by atoms with Crippen molar-refractivity contribution in [3.8, 4) is 5.75 Å². The van der Waals surface area contributed by atoms with Crippen LogP contribution in [0.2, 0.25) is 0 Å². The zero-order valence-electron chi connectivity index (χ0n) is 10.5. The molecule has 0 radical (unpaired) electrons. The van der Waals surface area contributed by atoms with E-state index in [0.29, 0.717) is 17.6 Å². The molecule has 0 saturated carbocycles. The summed E-state index contributed by atoms with van der Waals surface area (Å²) in [5.74, 6) is 1.21. The van der Waals surface area contributed by atoms with Crippen LogP contribution in [0, 0.1) is 0 Å². The van der Waals surface area contributed by atoms with Crippen molar-refractivity contribution in [2.24, 2.45) is 5.10 Å². The molecule has 0 unspecified atom stereocenters. The molecule has 5 nitrogen and oxygen atoms in total. The molecule has 1 aromatic carbocycles. The van der Waals surface area contributed by atoms with E-state index in [1.807, 2.05) is 18.2 Å². The molecule has 0 aliphatic carbocycles. The lowest BCUT2D eigenvalue weighted by atomic mass is 10.2. The lowest BCUT2D eigenvalue weighted by molar-refractivity contribution is 0.362. The number of hydrazone groups is 1. The van der Waals surface area contributed by atoms with Crippen LogP contribution in [0.4, 0.5) is 10.9 Å². The number of halogens is 1. The average Bonchev–Trinajstić information content (AvgIpc) is 2.84. The van der Waals surface area contributed by atoms with Crippen molar-refractivity contribution in [1.82, 2.24) is 4.98 Å². The van der Waals surface area contributed by atoms with Gasteiger partial charge in [0.05, 0.1) is 6.21 Å². The van der Waals surface area contributed by atoms with Gasteiger partial charge in [-0.1, -0.05) is 28.6 Å². The summed E-state index contributed by atoms with van der Waals surface area (Å²) in [6.45, 7) is 4.07. The lowest BCUT2D eigenvalue weighted by Gasteiger charge is -2.07. The number of aromatic nitrogens is 1. The Kier molecular flexibility index (Phi) is 5.14. The van der Waals surface area contributed by atoms with Crippen molar-refractivity contribution in [1.29, 1.82) is 0 Å². The first-order valence-corrected chi connectivity index (χ1v) is 7.39. The SMILES string of the molecule is C=CCOc1ccc(Br)cc1C=NNc1nc(N)cs1. The number of nitrogens with one attached hydrogen (secondary N) is 1. The molecule has 2 rings (SSSR count). The third kappa shape index (κ3) is 4.07. The maximum absolute atomic E-state index is 5.56. The smallest absolute Gasteiger partial charge is 0.205 e. The van der Waals surface area contributed by atoms with Gasteiger partial charge in [-0.15, -0.1) is 11.3 Å². The maximum Gasteiger partial charge on any atom is 0.205 e. The Morgan fingerprint density at radius 2 is 2.40 bits per heavy atom. The number of thiazole rings is 1. The highest BCUT2D eigenvalue weighted by Gasteiger charge is 2.02. The fraction of sp³-hybridized carbons (Fsp3) is 0.0769. The second-order valence-corrected chi connectivity index (χ2v) is 5.50. The van der Waals surface area contributed by atoms with E-state index in [2.05, 4.69) is 38.0 Å². The molecule has 104 valence electrons. The average molecular weight is 353 g/mol. The summed E-state index contributed by atoms with van der Waals surface area (Å²) in [5.41, 5.74) is 9.20. The van der Waals surface area contributed by atoms with Crippen LogP contribution in [0.5, 0.6) is 5.75 Å². The van der Waals surface area contributed by atoms with Gasteiger partial charge < -0.3 is 10.5 Å². The van der Waals surface area contributed by atoms with Gasteiger partial charge in [0.15, 0.2) is 0 Å². The first-order valence-electron chi connectivity index (χ1n) is 5.72. The van der Waals surface area contributed by atoms with Crippen molar-refractivity contribution >= 4 is 44.4 Å². The molecular weight excluding hydrogens is 340 g/mol. The van der Waals surface area contributed by atoms with E-state index in [9.17, 15) is 0 Å². The third-order valence-electron chi connectivity index (χ3n) is 2.21. The first kappa shape index (κ1) is 14.5. The lowest BCUT2D eigenvalue weighted by Crippen LogP contribution is -1.98. The van der Waals surface area contributed by atoms with Crippen LogP contribution in [0.25, 0.3) is 0 Å². The molecule has 1 aromatic heterocycles. The highest BCUT2D eigenvalue weighted by molar-refractivity contribution is 9.10. The maximum atomic E-state index is 5.56. The predicted molar refractivity (Wildman–Crippen MR) is 87.6 cm³/mol. The van der Waals surface area contributed by atoms with Crippen LogP contribution in [0.3, 0.4) is 0 Å². The Hall–Kier alpha value is -1.86. The molecule has 0 amide bonds. The summed E-state index contributed by atoms with van der Waals surface area (Å²) in [6.07, 6.45) is 3.36. The van der Waals surface area contributed by atoms with Crippen molar-refractivity contribution in [3.05, 3.63) is 46.3 Å². The van der Waals surface area contributed by atoms with E-state index < -0.39 is 0 Å². The Balaban J connectivity index is 2.10. The summed E-state index contributed by atoms with van der Waals surface area (Å²) in [6, 6.07) is 5.70. The number of rotatable bonds is 6. The minimum Gasteiger partial charge on any atom is -0.489 e. The highest BCUT2D eigenvalue weighted by Crippen LogP contribution is 2.22. The number of benzene rings is 1. The molecule has 7 heteroatoms. The molecule has 0 aliphatic rings. The van der Waals surface area contributed by atoms with Crippen LogP contribution in [-0.4, -0.2) is 17.8 Å². The molecule has 0 aliphatic heterocycles. The van der Waals surface area contributed by atoms with Crippen LogP contribution in [0.1, 0.15) is 5.56 Å². The quantitative estimate of drug-likeness (QED) is 0.474. The number of ether oxygens (including phenoxy) is 1. The number of hydrogen-bond acceptors (Lipinski definition) is 6. The zero-order valence-corrected chi connectivity index (χ0v) is 12.9. The van der Waals surface area contributed by atoms with Crippen LogP contribution < -0.4 is 15.9 Å². The Morgan fingerprint density at radius 1 is 1.55 bits per heavy atom. The van der Waals surface area contributed by atoms with Crippen molar-refractivity contribution in [2.45, 2.75) is 0 Å².